The van der Waals surface area contributed by atoms with Gasteiger partial charge < -0.3 is 5.11 Å². The zero-order chi connectivity index (χ0) is 10.2. The van der Waals surface area contributed by atoms with Crippen LogP contribution in [-0.4, -0.2) is 22.7 Å². The van der Waals surface area contributed by atoms with Crippen molar-refractivity contribution in [2.75, 3.05) is 0 Å². The van der Waals surface area contributed by atoms with Crippen LogP contribution < -0.4 is 5.32 Å². The molecule has 2 aliphatic carbocycles. The zero-order valence-corrected chi connectivity index (χ0v) is 8.75. The van der Waals surface area contributed by atoms with E-state index in [1.807, 2.05) is 0 Å². The summed E-state index contributed by atoms with van der Waals surface area (Å²) in [6.45, 7) is 2.18. The summed E-state index contributed by atoms with van der Waals surface area (Å²) in [5, 5.41) is 12.6. The molecule has 0 heterocycles. The van der Waals surface area contributed by atoms with Crippen molar-refractivity contribution in [2.24, 2.45) is 5.92 Å². The molecule has 0 aromatic heterocycles. The second kappa shape index (κ2) is 3.54. The van der Waals surface area contributed by atoms with Crippen LogP contribution in [0.2, 0.25) is 0 Å². The third kappa shape index (κ3) is 1.78. The highest BCUT2D eigenvalue weighted by Crippen LogP contribution is 2.36. The Labute approximate surface area is 84.9 Å². The van der Waals surface area contributed by atoms with Crippen molar-refractivity contribution in [3.63, 3.8) is 0 Å². The summed E-state index contributed by atoms with van der Waals surface area (Å²) in [5.41, 5.74) is -0.590. The average molecular weight is 197 g/mol. The summed E-state index contributed by atoms with van der Waals surface area (Å²) in [6, 6.07) is 0.462. The first kappa shape index (κ1) is 9.97. The first-order valence-electron chi connectivity index (χ1n) is 5.65. The molecule has 2 unspecified atom stereocenters. The van der Waals surface area contributed by atoms with E-state index in [4.69, 9.17) is 0 Å². The van der Waals surface area contributed by atoms with Gasteiger partial charge in [-0.05, 0) is 25.2 Å². The van der Waals surface area contributed by atoms with Gasteiger partial charge in [0.15, 0.2) is 0 Å². The molecule has 0 radical (unpaired) electrons. The molecule has 80 valence electrons. The minimum Gasteiger partial charge on any atom is -0.480 e. The van der Waals surface area contributed by atoms with E-state index >= 15 is 0 Å². The molecule has 0 bridgehead atoms. The normalized spacial score (nSPS) is 35.2. The van der Waals surface area contributed by atoms with E-state index in [1.165, 1.54) is 6.42 Å². The van der Waals surface area contributed by atoms with Crippen LogP contribution in [0.1, 0.15) is 45.4 Å². The van der Waals surface area contributed by atoms with Crippen LogP contribution in [0.3, 0.4) is 0 Å². The van der Waals surface area contributed by atoms with Crippen molar-refractivity contribution in [3.05, 3.63) is 0 Å². The zero-order valence-electron chi connectivity index (χ0n) is 8.75. The summed E-state index contributed by atoms with van der Waals surface area (Å²) < 4.78 is 0. The molecule has 0 aromatic carbocycles. The first-order chi connectivity index (χ1) is 6.64. The molecule has 2 saturated carbocycles. The minimum absolute atomic E-state index is 0.462. The van der Waals surface area contributed by atoms with Crippen LogP contribution in [0.4, 0.5) is 0 Å². The van der Waals surface area contributed by atoms with Gasteiger partial charge in [-0.15, -0.1) is 0 Å². The lowest BCUT2D eigenvalue weighted by molar-refractivity contribution is -0.146. The second-order valence-corrected chi connectivity index (χ2v) is 4.91. The van der Waals surface area contributed by atoms with E-state index in [1.54, 1.807) is 0 Å². The van der Waals surface area contributed by atoms with Crippen molar-refractivity contribution in [1.29, 1.82) is 0 Å². The largest absolute Gasteiger partial charge is 0.480 e. The lowest BCUT2D eigenvalue weighted by atomic mass is 9.81. The van der Waals surface area contributed by atoms with E-state index in [-0.39, 0.29) is 0 Å². The summed E-state index contributed by atoms with van der Waals surface area (Å²) in [5.74, 6) is 0.0319. The topological polar surface area (TPSA) is 49.3 Å². The van der Waals surface area contributed by atoms with E-state index in [9.17, 15) is 9.90 Å². The summed E-state index contributed by atoms with van der Waals surface area (Å²) >= 11 is 0. The number of hydrogen-bond donors (Lipinski definition) is 2. The Kier molecular flexibility index (Phi) is 2.52. The minimum atomic E-state index is -0.642. The Morgan fingerprint density at radius 1 is 1.36 bits per heavy atom. The van der Waals surface area contributed by atoms with E-state index in [0.29, 0.717) is 12.0 Å². The van der Waals surface area contributed by atoms with Crippen LogP contribution in [0.15, 0.2) is 0 Å². The van der Waals surface area contributed by atoms with Crippen LogP contribution in [0, 0.1) is 5.92 Å². The van der Waals surface area contributed by atoms with Gasteiger partial charge >= 0.3 is 5.97 Å². The molecule has 0 amide bonds. The van der Waals surface area contributed by atoms with Crippen molar-refractivity contribution >= 4 is 5.97 Å². The number of hydrogen-bond acceptors (Lipinski definition) is 2. The molecule has 2 aliphatic rings. The number of carboxylic acids is 1. The van der Waals surface area contributed by atoms with Crippen molar-refractivity contribution in [2.45, 2.75) is 57.0 Å². The van der Waals surface area contributed by atoms with E-state index < -0.39 is 11.5 Å². The van der Waals surface area contributed by atoms with Gasteiger partial charge in [-0.25, -0.2) is 0 Å². The fourth-order valence-corrected chi connectivity index (χ4v) is 2.45. The standard InChI is InChI=1S/C11H19NO2/c1-8-7-9(8)12-11(10(13)14)5-3-2-4-6-11/h8-9,12H,2-7H2,1H3,(H,13,14). The molecular weight excluding hydrogens is 178 g/mol. The molecule has 2 rings (SSSR count). The monoisotopic (exact) mass is 197 g/mol. The first-order valence-corrected chi connectivity index (χ1v) is 5.65. The summed E-state index contributed by atoms with van der Waals surface area (Å²) in [6.07, 6.45) is 6.07. The maximum absolute atomic E-state index is 11.3. The molecule has 0 spiro atoms. The van der Waals surface area contributed by atoms with Gasteiger partial charge in [0.1, 0.15) is 5.54 Å². The predicted molar refractivity (Wildman–Crippen MR) is 54.2 cm³/mol. The van der Waals surface area contributed by atoms with Crippen molar-refractivity contribution < 1.29 is 9.90 Å². The van der Waals surface area contributed by atoms with E-state index in [0.717, 1.165) is 32.1 Å². The Hall–Kier alpha value is -0.570. The number of rotatable bonds is 3. The van der Waals surface area contributed by atoms with Crippen molar-refractivity contribution in [1.82, 2.24) is 5.32 Å². The second-order valence-electron chi connectivity index (χ2n) is 4.91. The summed E-state index contributed by atoms with van der Waals surface area (Å²) in [4.78, 5) is 11.3. The van der Waals surface area contributed by atoms with Crippen LogP contribution >= 0.6 is 0 Å². The lowest BCUT2D eigenvalue weighted by Crippen LogP contribution is -2.54. The van der Waals surface area contributed by atoms with Gasteiger partial charge in [-0.1, -0.05) is 26.2 Å². The van der Waals surface area contributed by atoms with Gasteiger partial charge in [0, 0.05) is 6.04 Å². The SMILES string of the molecule is CC1CC1NC1(C(=O)O)CCCCC1. The molecule has 0 aliphatic heterocycles. The van der Waals surface area contributed by atoms with Gasteiger partial charge in [0.2, 0.25) is 0 Å². The molecule has 2 N–H and O–H groups in total. The Morgan fingerprint density at radius 3 is 2.36 bits per heavy atom. The summed E-state index contributed by atoms with van der Waals surface area (Å²) in [7, 11) is 0. The fourth-order valence-electron chi connectivity index (χ4n) is 2.45. The highest BCUT2D eigenvalue weighted by atomic mass is 16.4. The molecule has 3 heteroatoms. The Balaban J connectivity index is 2.01. The lowest BCUT2D eigenvalue weighted by Gasteiger charge is -2.34. The predicted octanol–water partition coefficient (Wildman–Crippen LogP) is 1.77. The van der Waals surface area contributed by atoms with Crippen LogP contribution in [0.5, 0.6) is 0 Å². The quantitative estimate of drug-likeness (QED) is 0.725. The number of aliphatic carboxylic acids is 1. The smallest absolute Gasteiger partial charge is 0.323 e. The Morgan fingerprint density at radius 2 is 1.93 bits per heavy atom. The highest BCUT2D eigenvalue weighted by molar-refractivity contribution is 5.79. The molecule has 0 saturated heterocycles. The molecule has 14 heavy (non-hydrogen) atoms. The number of nitrogens with one attached hydrogen (secondary N) is 1. The third-order valence-electron chi connectivity index (χ3n) is 3.69. The van der Waals surface area contributed by atoms with Crippen LogP contribution in [-0.2, 0) is 4.79 Å². The average Bonchev–Trinajstić information content (AvgIpc) is 2.83. The molecule has 3 nitrogen and oxygen atoms in total. The van der Waals surface area contributed by atoms with Crippen LogP contribution in [0.25, 0.3) is 0 Å². The third-order valence-corrected chi connectivity index (χ3v) is 3.69. The van der Waals surface area contributed by atoms with E-state index in [2.05, 4.69) is 12.2 Å². The molecule has 0 aromatic rings. The van der Waals surface area contributed by atoms with Gasteiger partial charge in [0.05, 0.1) is 0 Å². The Bertz CT molecular complexity index is 233. The van der Waals surface area contributed by atoms with Gasteiger partial charge in [-0.2, -0.15) is 0 Å². The molecular formula is C11H19NO2. The fraction of sp³-hybridized carbons (Fsp3) is 0.909. The molecule has 2 atom stereocenters. The van der Waals surface area contributed by atoms with Gasteiger partial charge in [-0.3, -0.25) is 10.1 Å². The molecule has 2 fully saturated rings. The highest BCUT2D eigenvalue weighted by Gasteiger charge is 2.45. The number of carbonyl (C=O) groups is 1. The maximum atomic E-state index is 11.3. The maximum Gasteiger partial charge on any atom is 0.323 e. The van der Waals surface area contributed by atoms with Gasteiger partial charge in [0.25, 0.3) is 0 Å². The number of carboxylic acid groups (broad SMARTS) is 1. The van der Waals surface area contributed by atoms with Crippen molar-refractivity contribution in [3.8, 4) is 0 Å².